The molecule has 2 aromatic carbocycles. The molecule has 1 aliphatic heterocycles. The zero-order chi connectivity index (χ0) is 22.0. The van der Waals surface area contributed by atoms with Crippen molar-refractivity contribution in [2.75, 3.05) is 25.2 Å². The van der Waals surface area contributed by atoms with Crippen LogP contribution in [0, 0.1) is 6.92 Å². The van der Waals surface area contributed by atoms with Crippen LogP contribution in [0.2, 0.25) is 0 Å². The molecular weight excluding hydrogens is 412 g/mol. The Labute approximate surface area is 186 Å². The number of amides is 1. The van der Waals surface area contributed by atoms with Gasteiger partial charge in [0.05, 0.1) is 30.6 Å². The minimum absolute atomic E-state index is 0.0162. The molecule has 6 nitrogen and oxygen atoms in total. The lowest BCUT2D eigenvalue weighted by molar-refractivity contribution is 0.0917. The average molecular weight is 441 g/mol. The number of methoxy groups -OCH3 is 1. The molecule has 0 N–H and O–H groups in total. The fourth-order valence-corrected chi connectivity index (χ4v) is 4.78. The molecule has 0 aliphatic carbocycles. The third kappa shape index (κ3) is 4.67. The first-order valence-corrected chi connectivity index (χ1v) is 11.4. The topological polar surface area (TPSA) is 60.9 Å². The highest BCUT2D eigenvalue weighted by Gasteiger charge is 2.28. The number of hydrogen-bond acceptors (Lipinski definition) is 6. The number of aromatic nitrogens is 1. The van der Waals surface area contributed by atoms with Gasteiger partial charge in [0.25, 0.3) is 5.91 Å². The van der Waals surface area contributed by atoms with Gasteiger partial charge in [-0.05, 0) is 69.5 Å². The maximum absolute atomic E-state index is 13.5. The number of benzene rings is 2. The Morgan fingerprint density at radius 3 is 2.68 bits per heavy atom. The van der Waals surface area contributed by atoms with E-state index in [1.807, 2.05) is 57.2 Å². The summed E-state index contributed by atoms with van der Waals surface area (Å²) in [5, 5.41) is 0.658. The summed E-state index contributed by atoms with van der Waals surface area (Å²) in [4.78, 5) is 20.1. The van der Waals surface area contributed by atoms with Crippen molar-refractivity contribution in [3.8, 4) is 11.5 Å². The van der Waals surface area contributed by atoms with Crippen LogP contribution in [0.1, 0.15) is 42.6 Å². The van der Waals surface area contributed by atoms with Crippen molar-refractivity contribution in [3.05, 3.63) is 47.5 Å². The van der Waals surface area contributed by atoms with Gasteiger partial charge in [0.2, 0.25) is 0 Å². The number of hydrogen-bond donors (Lipinski definition) is 0. The van der Waals surface area contributed by atoms with Crippen LogP contribution >= 0.6 is 11.3 Å². The lowest BCUT2D eigenvalue weighted by Crippen LogP contribution is -2.37. The molecule has 3 aromatic rings. The molecule has 0 saturated carbocycles. The quantitative estimate of drug-likeness (QED) is 0.504. The highest BCUT2D eigenvalue weighted by molar-refractivity contribution is 7.22. The lowest BCUT2D eigenvalue weighted by Gasteiger charge is -2.23. The van der Waals surface area contributed by atoms with Crippen molar-refractivity contribution < 1.29 is 19.0 Å². The van der Waals surface area contributed by atoms with Crippen LogP contribution < -0.4 is 14.4 Å². The summed E-state index contributed by atoms with van der Waals surface area (Å²) in [5.41, 5.74) is 2.49. The van der Waals surface area contributed by atoms with E-state index in [4.69, 9.17) is 19.2 Å². The summed E-state index contributed by atoms with van der Waals surface area (Å²) in [6.45, 7) is 7.21. The van der Waals surface area contributed by atoms with E-state index in [0.29, 0.717) is 23.0 Å². The number of thiazole rings is 1. The first-order valence-electron chi connectivity index (χ1n) is 10.6. The second kappa shape index (κ2) is 9.24. The highest BCUT2D eigenvalue weighted by atomic mass is 32.1. The van der Waals surface area contributed by atoms with E-state index in [-0.39, 0.29) is 18.1 Å². The molecule has 2 heterocycles. The summed E-state index contributed by atoms with van der Waals surface area (Å²) in [6, 6.07) is 11.2. The van der Waals surface area contributed by atoms with Crippen LogP contribution in [-0.4, -0.2) is 43.4 Å². The van der Waals surface area contributed by atoms with Crippen molar-refractivity contribution in [2.24, 2.45) is 0 Å². The molecule has 31 heavy (non-hydrogen) atoms. The summed E-state index contributed by atoms with van der Waals surface area (Å²) in [6.07, 6.45) is 2.06. The number of ether oxygens (including phenoxy) is 3. The Hall–Kier alpha value is -2.64. The van der Waals surface area contributed by atoms with Gasteiger partial charge in [-0.3, -0.25) is 9.69 Å². The van der Waals surface area contributed by atoms with E-state index in [0.717, 1.165) is 41.0 Å². The Morgan fingerprint density at radius 1 is 1.26 bits per heavy atom. The lowest BCUT2D eigenvalue weighted by atomic mass is 10.1. The van der Waals surface area contributed by atoms with Gasteiger partial charge in [0, 0.05) is 12.2 Å². The van der Waals surface area contributed by atoms with E-state index in [1.165, 1.54) is 11.3 Å². The average Bonchev–Trinajstić information content (AvgIpc) is 3.42. The van der Waals surface area contributed by atoms with E-state index in [1.54, 1.807) is 12.0 Å². The Bertz CT molecular complexity index is 1060. The van der Waals surface area contributed by atoms with Crippen LogP contribution in [0.15, 0.2) is 36.4 Å². The minimum atomic E-state index is -0.0951. The molecule has 1 unspecified atom stereocenters. The molecule has 1 atom stereocenters. The van der Waals surface area contributed by atoms with Crippen molar-refractivity contribution in [2.45, 2.75) is 45.8 Å². The van der Waals surface area contributed by atoms with Crippen molar-refractivity contribution in [3.63, 3.8) is 0 Å². The smallest absolute Gasteiger partial charge is 0.260 e. The van der Waals surface area contributed by atoms with Crippen LogP contribution in [0.4, 0.5) is 5.13 Å². The monoisotopic (exact) mass is 440 g/mol. The number of anilines is 1. The Morgan fingerprint density at radius 2 is 2.03 bits per heavy atom. The third-order valence-electron chi connectivity index (χ3n) is 5.27. The highest BCUT2D eigenvalue weighted by Crippen LogP contribution is 2.37. The molecule has 0 spiro atoms. The number of fused-ring (bicyclic) bond motifs is 1. The molecule has 1 aliphatic rings. The van der Waals surface area contributed by atoms with E-state index < -0.39 is 0 Å². The van der Waals surface area contributed by atoms with Crippen LogP contribution in [0.25, 0.3) is 10.2 Å². The van der Waals surface area contributed by atoms with Crippen LogP contribution in [-0.2, 0) is 4.74 Å². The van der Waals surface area contributed by atoms with Gasteiger partial charge >= 0.3 is 0 Å². The van der Waals surface area contributed by atoms with Crippen LogP contribution in [0.5, 0.6) is 11.5 Å². The molecule has 1 amide bonds. The fraction of sp³-hybridized carbons (Fsp3) is 0.417. The second-order valence-electron chi connectivity index (χ2n) is 8.00. The van der Waals surface area contributed by atoms with E-state index in [2.05, 4.69) is 0 Å². The van der Waals surface area contributed by atoms with Gasteiger partial charge in [-0.2, -0.15) is 0 Å². The van der Waals surface area contributed by atoms with Gasteiger partial charge in [-0.15, -0.1) is 0 Å². The molecule has 4 rings (SSSR count). The Balaban J connectivity index is 1.69. The molecule has 1 saturated heterocycles. The number of nitrogens with zero attached hydrogens (tertiary/aromatic N) is 2. The summed E-state index contributed by atoms with van der Waals surface area (Å²) in [5.74, 6) is 1.36. The van der Waals surface area contributed by atoms with Crippen molar-refractivity contribution >= 4 is 32.6 Å². The zero-order valence-corrected chi connectivity index (χ0v) is 19.2. The van der Waals surface area contributed by atoms with Gasteiger partial charge in [-0.25, -0.2) is 4.98 Å². The first kappa shape index (κ1) is 21.6. The molecule has 1 fully saturated rings. The summed E-state index contributed by atoms with van der Waals surface area (Å²) >= 11 is 1.51. The third-order valence-corrected chi connectivity index (χ3v) is 6.49. The van der Waals surface area contributed by atoms with Gasteiger partial charge in [0.15, 0.2) is 5.13 Å². The molecule has 0 radical (unpaired) electrons. The Kier molecular flexibility index (Phi) is 6.43. The molecule has 164 valence electrons. The van der Waals surface area contributed by atoms with Crippen molar-refractivity contribution in [1.82, 2.24) is 4.98 Å². The standard InChI is InChI=1S/C24H28N2O4S/c1-15(2)30-18-10-8-17(9-11-18)23(27)26(14-19-6-5-13-29-19)24-25-21-20(28-4)12-7-16(3)22(21)31-24/h7-12,15,19H,5-6,13-14H2,1-4H3. The molecule has 0 bridgehead atoms. The maximum atomic E-state index is 13.5. The number of carbonyl (C=O) groups is 1. The van der Waals surface area contributed by atoms with Gasteiger partial charge in [-0.1, -0.05) is 17.4 Å². The number of aryl methyl sites for hydroxylation is 1. The molecular formula is C24H28N2O4S. The van der Waals surface area contributed by atoms with E-state index in [9.17, 15) is 4.79 Å². The fourth-order valence-electron chi connectivity index (χ4n) is 3.72. The predicted molar refractivity (Wildman–Crippen MR) is 124 cm³/mol. The molecule has 7 heteroatoms. The SMILES string of the molecule is COc1ccc(C)c2sc(N(CC3CCCO3)C(=O)c3ccc(OC(C)C)cc3)nc12. The summed E-state index contributed by atoms with van der Waals surface area (Å²) in [7, 11) is 1.64. The minimum Gasteiger partial charge on any atom is -0.494 e. The second-order valence-corrected chi connectivity index (χ2v) is 8.98. The van der Waals surface area contributed by atoms with E-state index >= 15 is 0 Å². The number of carbonyl (C=O) groups excluding carboxylic acids is 1. The predicted octanol–water partition coefficient (Wildman–Crippen LogP) is 5.23. The normalized spacial score (nSPS) is 16.1. The zero-order valence-electron chi connectivity index (χ0n) is 18.4. The largest absolute Gasteiger partial charge is 0.494 e. The van der Waals surface area contributed by atoms with Crippen LogP contribution in [0.3, 0.4) is 0 Å². The summed E-state index contributed by atoms with van der Waals surface area (Å²) < 4.78 is 18.1. The van der Waals surface area contributed by atoms with Gasteiger partial charge in [0.1, 0.15) is 17.0 Å². The maximum Gasteiger partial charge on any atom is 0.260 e. The first-order chi connectivity index (χ1) is 15.0. The van der Waals surface area contributed by atoms with Gasteiger partial charge < -0.3 is 14.2 Å². The number of rotatable bonds is 7. The molecule has 1 aromatic heterocycles. The van der Waals surface area contributed by atoms with Crippen molar-refractivity contribution in [1.29, 1.82) is 0 Å².